The second kappa shape index (κ2) is 5.55. The van der Waals surface area contributed by atoms with E-state index in [0.717, 1.165) is 4.90 Å². The molecule has 0 aliphatic heterocycles. The van der Waals surface area contributed by atoms with Gasteiger partial charge in [-0.25, -0.2) is 0 Å². The first-order valence-corrected chi connectivity index (χ1v) is 6.72. The van der Waals surface area contributed by atoms with Crippen LogP contribution in [-0.4, -0.2) is 11.4 Å². The Morgan fingerprint density at radius 2 is 1.89 bits per heavy atom. The summed E-state index contributed by atoms with van der Waals surface area (Å²) < 4.78 is 5.63. The molecule has 3 N–H and O–H groups in total. The molecule has 2 rings (SSSR count). The molecule has 0 spiro atoms. The fourth-order valence-corrected chi connectivity index (χ4v) is 2.18. The van der Waals surface area contributed by atoms with Gasteiger partial charge in [-0.05, 0) is 30.5 Å². The number of para-hydroxylation sites is 1. The Balaban J connectivity index is 2.44. The number of phenols is 1. The van der Waals surface area contributed by atoms with Crippen LogP contribution in [0.25, 0.3) is 0 Å². The Morgan fingerprint density at radius 1 is 1.21 bits per heavy atom. The number of nitriles is 1. The summed E-state index contributed by atoms with van der Waals surface area (Å²) in [6, 6.07) is 12.2. The van der Waals surface area contributed by atoms with Gasteiger partial charge in [0.05, 0.1) is 0 Å². The molecule has 0 unspecified atom stereocenters. The Bertz CT molecular complexity index is 650. The van der Waals surface area contributed by atoms with Crippen molar-refractivity contribution in [1.82, 2.24) is 0 Å². The highest BCUT2D eigenvalue weighted by atomic mass is 32.2. The number of thioether (sulfide) groups is 1. The molecule has 4 nitrogen and oxygen atoms in total. The molecule has 0 atom stereocenters. The summed E-state index contributed by atoms with van der Waals surface area (Å²) >= 11 is 1.47. The summed E-state index contributed by atoms with van der Waals surface area (Å²) in [7, 11) is 0. The van der Waals surface area contributed by atoms with Crippen molar-refractivity contribution in [1.29, 1.82) is 5.26 Å². The van der Waals surface area contributed by atoms with E-state index in [1.54, 1.807) is 24.3 Å². The van der Waals surface area contributed by atoms with E-state index in [1.165, 1.54) is 17.8 Å². The number of rotatable bonds is 3. The molecule has 5 heteroatoms. The zero-order chi connectivity index (χ0) is 13.8. The van der Waals surface area contributed by atoms with Gasteiger partial charge in [-0.2, -0.15) is 5.26 Å². The van der Waals surface area contributed by atoms with Gasteiger partial charge in [-0.15, -0.1) is 11.8 Å². The van der Waals surface area contributed by atoms with Gasteiger partial charge in [0.2, 0.25) is 0 Å². The van der Waals surface area contributed by atoms with Crippen LogP contribution in [0.15, 0.2) is 41.3 Å². The van der Waals surface area contributed by atoms with Gasteiger partial charge < -0.3 is 15.6 Å². The Kier molecular flexibility index (Phi) is 3.83. The van der Waals surface area contributed by atoms with E-state index in [4.69, 9.17) is 10.5 Å². The van der Waals surface area contributed by atoms with Crippen LogP contribution in [0, 0.1) is 11.3 Å². The van der Waals surface area contributed by atoms with Crippen molar-refractivity contribution >= 4 is 17.4 Å². The summed E-state index contributed by atoms with van der Waals surface area (Å²) in [5, 5.41) is 18.7. The molecule has 0 bridgehead atoms. The zero-order valence-electron chi connectivity index (χ0n) is 10.3. The lowest BCUT2D eigenvalue weighted by Gasteiger charge is -2.11. The molecule has 0 aromatic heterocycles. The fourth-order valence-electron chi connectivity index (χ4n) is 1.62. The first kappa shape index (κ1) is 13.1. The average molecular weight is 272 g/mol. The monoisotopic (exact) mass is 272 g/mol. The lowest BCUT2D eigenvalue weighted by molar-refractivity contribution is 0.458. The third kappa shape index (κ3) is 2.59. The maximum atomic E-state index is 9.53. The molecule has 2 aromatic carbocycles. The van der Waals surface area contributed by atoms with Gasteiger partial charge in [0.25, 0.3) is 0 Å². The van der Waals surface area contributed by atoms with Crippen LogP contribution in [-0.2, 0) is 0 Å². The van der Waals surface area contributed by atoms with Crippen molar-refractivity contribution in [3.05, 3.63) is 42.0 Å². The number of phenolic OH excluding ortho intramolecular Hbond substituents is 1. The first-order chi connectivity index (χ1) is 9.17. The van der Waals surface area contributed by atoms with E-state index in [-0.39, 0.29) is 11.4 Å². The minimum absolute atomic E-state index is 0.0444. The van der Waals surface area contributed by atoms with Gasteiger partial charge in [0.1, 0.15) is 28.8 Å². The van der Waals surface area contributed by atoms with Gasteiger partial charge in [0, 0.05) is 4.90 Å². The van der Waals surface area contributed by atoms with Crippen molar-refractivity contribution in [3.8, 4) is 23.3 Å². The van der Waals surface area contributed by atoms with E-state index < -0.39 is 0 Å². The van der Waals surface area contributed by atoms with Crippen molar-refractivity contribution in [3.63, 3.8) is 0 Å². The smallest absolute Gasteiger partial charge is 0.154 e. The van der Waals surface area contributed by atoms with Gasteiger partial charge in [-0.1, -0.05) is 12.1 Å². The lowest BCUT2D eigenvalue weighted by atomic mass is 10.2. The van der Waals surface area contributed by atoms with Crippen molar-refractivity contribution in [2.24, 2.45) is 0 Å². The maximum absolute atomic E-state index is 9.53. The summed E-state index contributed by atoms with van der Waals surface area (Å²) in [6.45, 7) is 0. The minimum atomic E-state index is -0.0444. The lowest BCUT2D eigenvalue weighted by Crippen LogP contribution is -1.95. The maximum Gasteiger partial charge on any atom is 0.154 e. The van der Waals surface area contributed by atoms with Gasteiger partial charge in [-0.3, -0.25) is 0 Å². The molecule has 0 amide bonds. The number of hydrogen-bond acceptors (Lipinski definition) is 5. The van der Waals surface area contributed by atoms with E-state index >= 15 is 0 Å². The molecule has 96 valence electrons. The molecule has 0 saturated carbocycles. The van der Waals surface area contributed by atoms with Crippen LogP contribution >= 0.6 is 11.8 Å². The first-order valence-electron chi connectivity index (χ1n) is 5.49. The number of ether oxygens (including phenoxy) is 1. The highest BCUT2D eigenvalue weighted by Crippen LogP contribution is 2.36. The Labute approximate surface area is 115 Å². The molecular formula is C14H12N2O2S. The molecule has 0 fully saturated rings. The molecular weight excluding hydrogens is 260 g/mol. The average Bonchev–Trinajstić information content (AvgIpc) is 2.43. The summed E-state index contributed by atoms with van der Waals surface area (Å²) in [4.78, 5) is 0.832. The normalized spacial score (nSPS) is 9.89. The van der Waals surface area contributed by atoms with Crippen LogP contribution in [0.5, 0.6) is 17.2 Å². The number of aromatic hydroxyl groups is 1. The number of nitrogens with zero attached hydrogens (tertiary/aromatic N) is 1. The predicted molar refractivity (Wildman–Crippen MR) is 75.5 cm³/mol. The largest absolute Gasteiger partial charge is 0.506 e. The topological polar surface area (TPSA) is 79.3 Å². The second-order valence-corrected chi connectivity index (χ2v) is 4.58. The van der Waals surface area contributed by atoms with E-state index in [2.05, 4.69) is 6.07 Å². The van der Waals surface area contributed by atoms with Crippen molar-refractivity contribution < 1.29 is 9.84 Å². The Hall–Kier alpha value is -2.32. The number of anilines is 1. The van der Waals surface area contributed by atoms with E-state index in [9.17, 15) is 10.4 Å². The molecule has 0 saturated heterocycles. The molecule has 0 radical (unpaired) electrons. The predicted octanol–water partition coefficient (Wildman–Crippen LogP) is 3.36. The highest BCUT2D eigenvalue weighted by Gasteiger charge is 2.12. The third-order valence-electron chi connectivity index (χ3n) is 2.58. The second-order valence-electron chi connectivity index (χ2n) is 3.74. The van der Waals surface area contributed by atoms with Crippen LogP contribution in [0.3, 0.4) is 0 Å². The highest BCUT2D eigenvalue weighted by molar-refractivity contribution is 7.98. The summed E-state index contributed by atoms with van der Waals surface area (Å²) in [5.41, 5.74) is 6.34. The van der Waals surface area contributed by atoms with Crippen LogP contribution in [0.4, 0.5) is 5.69 Å². The van der Waals surface area contributed by atoms with Gasteiger partial charge in [0.15, 0.2) is 5.75 Å². The standard InChI is InChI=1S/C14H12N2O2S/c1-19-13-7-3-5-11(9(13)8-15)18-12-6-2-4-10(17)14(12)16/h2-7,17H,16H2,1H3. The van der Waals surface area contributed by atoms with Crippen LogP contribution in [0.2, 0.25) is 0 Å². The quantitative estimate of drug-likeness (QED) is 0.509. The van der Waals surface area contributed by atoms with Crippen molar-refractivity contribution in [2.75, 3.05) is 12.0 Å². The van der Waals surface area contributed by atoms with Crippen LogP contribution < -0.4 is 10.5 Å². The molecule has 19 heavy (non-hydrogen) atoms. The Morgan fingerprint density at radius 3 is 2.58 bits per heavy atom. The molecule has 0 heterocycles. The molecule has 2 aromatic rings. The number of nitrogen functional groups attached to an aromatic ring is 1. The van der Waals surface area contributed by atoms with E-state index in [0.29, 0.717) is 17.1 Å². The molecule has 0 aliphatic rings. The van der Waals surface area contributed by atoms with Crippen LogP contribution in [0.1, 0.15) is 5.56 Å². The third-order valence-corrected chi connectivity index (χ3v) is 3.36. The fraction of sp³-hybridized carbons (Fsp3) is 0.0714. The minimum Gasteiger partial charge on any atom is -0.506 e. The number of hydrogen-bond donors (Lipinski definition) is 2. The van der Waals surface area contributed by atoms with Gasteiger partial charge >= 0.3 is 0 Å². The summed E-state index contributed by atoms with van der Waals surface area (Å²) in [5.74, 6) is 0.707. The SMILES string of the molecule is CSc1cccc(Oc2cccc(O)c2N)c1C#N. The number of nitrogens with two attached hydrogens (primary N) is 1. The summed E-state index contributed by atoms with van der Waals surface area (Å²) in [6.07, 6.45) is 1.89. The van der Waals surface area contributed by atoms with E-state index in [1.807, 2.05) is 12.3 Å². The number of benzene rings is 2. The van der Waals surface area contributed by atoms with Crippen molar-refractivity contribution in [2.45, 2.75) is 4.90 Å². The zero-order valence-corrected chi connectivity index (χ0v) is 11.1. The molecule has 0 aliphatic carbocycles.